The fraction of sp³-hybridized carbons (Fsp3) is 0.158. The highest BCUT2D eigenvalue weighted by Crippen LogP contribution is 2.20. The first kappa shape index (κ1) is 16.5. The first-order valence-electron chi connectivity index (χ1n) is 7.76. The maximum absolute atomic E-state index is 12.0. The third-order valence-electron chi connectivity index (χ3n) is 3.58. The van der Waals surface area contributed by atoms with Crippen LogP contribution in [-0.4, -0.2) is 17.9 Å². The molecule has 0 aliphatic heterocycles. The van der Waals surface area contributed by atoms with Gasteiger partial charge in [0.25, 0.3) is 5.91 Å². The molecule has 1 aliphatic carbocycles. The highest BCUT2D eigenvalue weighted by molar-refractivity contribution is 9.10. The Balaban J connectivity index is 1.62. The number of carbonyl (C=O) groups is 2. The topological polar surface area (TPSA) is 58.2 Å². The van der Waals surface area contributed by atoms with Gasteiger partial charge in [-0.1, -0.05) is 34.1 Å². The van der Waals surface area contributed by atoms with Gasteiger partial charge in [-0.05, 0) is 54.8 Å². The van der Waals surface area contributed by atoms with Gasteiger partial charge in [-0.2, -0.15) is 0 Å². The van der Waals surface area contributed by atoms with E-state index in [0.717, 1.165) is 22.9 Å². The molecule has 0 bridgehead atoms. The van der Waals surface area contributed by atoms with Crippen molar-refractivity contribution in [3.05, 3.63) is 70.2 Å². The Labute approximate surface area is 149 Å². The molecule has 0 saturated heterocycles. The van der Waals surface area contributed by atoms with Crippen molar-refractivity contribution in [3.63, 3.8) is 0 Å². The van der Waals surface area contributed by atoms with E-state index in [2.05, 4.69) is 26.6 Å². The lowest BCUT2D eigenvalue weighted by Crippen LogP contribution is -2.25. The molecular weight excluding hydrogens is 368 g/mol. The minimum absolute atomic E-state index is 0.0988. The zero-order chi connectivity index (χ0) is 16.9. The van der Waals surface area contributed by atoms with Gasteiger partial charge in [0.2, 0.25) is 5.91 Å². The molecule has 0 heterocycles. The lowest BCUT2D eigenvalue weighted by Gasteiger charge is -2.06. The summed E-state index contributed by atoms with van der Waals surface area (Å²) in [7, 11) is 0. The first-order chi connectivity index (χ1) is 11.6. The Morgan fingerprint density at radius 3 is 2.62 bits per heavy atom. The van der Waals surface area contributed by atoms with Crippen LogP contribution in [0.5, 0.6) is 0 Å². The third-order valence-corrected chi connectivity index (χ3v) is 4.07. The van der Waals surface area contributed by atoms with Crippen LogP contribution in [0.15, 0.2) is 59.1 Å². The first-order valence-corrected chi connectivity index (χ1v) is 8.55. The number of nitrogens with one attached hydrogen (secondary N) is 2. The lowest BCUT2D eigenvalue weighted by molar-refractivity contribution is -0.111. The van der Waals surface area contributed by atoms with Gasteiger partial charge in [0.1, 0.15) is 0 Å². The normalized spacial score (nSPS) is 13.7. The molecule has 2 N–H and O–H groups in total. The summed E-state index contributed by atoms with van der Waals surface area (Å²) >= 11 is 3.39. The fourth-order valence-electron chi connectivity index (χ4n) is 2.20. The number of halogens is 1. The van der Waals surface area contributed by atoms with Gasteiger partial charge in [-0.25, -0.2) is 0 Å². The molecule has 1 saturated carbocycles. The quantitative estimate of drug-likeness (QED) is 0.765. The summed E-state index contributed by atoms with van der Waals surface area (Å²) in [5.74, 6) is -0.340. The molecule has 0 aromatic heterocycles. The van der Waals surface area contributed by atoms with E-state index in [1.807, 2.05) is 24.3 Å². The Hall–Kier alpha value is -2.40. The Kier molecular flexibility index (Phi) is 5.11. The predicted octanol–water partition coefficient (Wildman–Crippen LogP) is 3.99. The van der Waals surface area contributed by atoms with E-state index < -0.39 is 0 Å². The van der Waals surface area contributed by atoms with Crippen molar-refractivity contribution in [2.45, 2.75) is 18.9 Å². The summed E-state index contributed by atoms with van der Waals surface area (Å²) in [5, 5.41) is 5.71. The van der Waals surface area contributed by atoms with Gasteiger partial charge in [0, 0.05) is 27.8 Å². The van der Waals surface area contributed by atoms with Crippen LogP contribution < -0.4 is 10.6 Å². The van der Waals surface area contributed by atoms with E-state index in [1.165, 1.54) is 6.08 Å². The van der Waals surface area contributed by atoms with Crippen LogP contribution in [0, 0.1) is 0 Å². The number of hydrogen-bond acceptors (Lipinski definition) is 2. The van der Waals surface area contributed by atoms with Crippen molar-refractivity contribution in [1.82, 2.24) is 5.32 Å². The van der Waals surface area contributed by atoms with Crippen LogP contribution in [0.25, 0.3) is 6.08 Å². The van der Waals surface area contributed by atoms with Crippen LogP contribution in [0.3, 0.4) is 0 Å². The van der Waals surface area contributed by atoms with E-state index in [-0.39, 0.29) is 11.8 Å². The van der Waals surface area contributed by atoms with Crippen molar-refractivity contribution >= 4 is 39.5 Å². The second kappa shape index (κ2) is 7.45. The maximum atomic E-state index is 12.0. The Morgan fingerprint density at radius 1 is 1.08 bits per heavy atom. The number of amides is 2. The number of anilines is 1. The molecule has 2 aromatic carbocycles. The van der Waals surface area contributed by atoms with Crippen molar-refractivity contribution in [3.8, 4) is 0 Å². The summed E-state index contributed by atoms with van der Waals surface area (Å²) in [5.41, 5.74) is 2.08. The van der Waals surface area contributed by atoms with E-state index in [1.54, 1.807) is 30.3 Å². The Morgan fingerprint density at radius 2 is 1.88 bits per heavy atom. The lowest BCUT2D eigenvalue weighted by atomic mass is 10.2. The summed E-state index contributed by atoms with van der Waals surface area (Å²) in [6.45, 7) is 0. The SMILES string of the molecule is O=C(/C=C/c1cccc(Br)c1)Nc1cccc(C(=O)NC2CC2)c1. The average molecular weight is 385 g/mol. The van der Waals surface area contributed by atoms with Crippen molar-refractivity contribution < 1.29 is 9.59 Å². The summed E-state index contributed by atoms with van der Waals surface area (Å²) in [6.07, 6.45) is 5.30. The van der Waals surface area contributed by atoms with Crippen LogP contribution in [0.4, 0.5) is 5.69 Å². The van der Waals surface area contributed by atoms with Gasteiger partial charge in [-0.3, -0.25) is 9.59 Å². The smallest absolute Gasteiger partial charge is 0.251 e. The van der Waals surface area contributed by atoms with Crippen molar-refractivity contribution in [2.75, 3.05) is 5.32 Å². The van der Waals surface area contributed by atoms with Gasteiger partial charge in [-0.15, -0.1) is 0 Å². The molecule has 2 aromatic rings. The molecule has 0 spiro atoms. The van der Waals surface area contributed by atoms with Crippen LogP contribution in [0.2, 0.25) is 0 Å². The van der Waals surface area contributed by atoms with Crippen molar-refractivity contribution in [1.29, 1.82) is 0 Å². The number of benzene rings is 2. The zero-order valence-corrected chi connectivity index (χ0v) is 14.5. The summed E-state index contributed by atoms with van der Waals surface area (Å²) in [4.78, 5) is 24.1. The van der Waals surface area contributed by atoms with E-state index in [9.17, 15) is 9.59 Å². The number of rotatable bonds is 5. The van der Waals surface area contributed by atoms with E-state index in [0.29, 0.717) is 17.3 Å². The molecule has 1 fully saturated rings. The van der Waals surface area contributed by atoms with Crippen LogP contribution >= 0.6 is 15.9 Å². The molecule has 0 radical (unpaired) electrons. The molecule has 4 nitrogen and oxygen atoms in total. The van der Waals surface area contributed by atoms with Gasteiger partial charge in [0.05, 0.1) is 0 Å². The molecule has 0 atom stereocenters. The molecule has 5 heteroatoms. The predicted molar refractivity (Wildman–Crippen MR) is 98.7 cm³/mol. The highest BCUT2D eigenvalue weighted by Gasteiger charge is 2.23. The minimum atomic E-state index is -0.241. The maximum Gasteiger partial charge on any atom is 0.251 e. The molecule has 2 amide bonds. The molecule has 3 rings (SSSR count). The minimum Gasteiger partial charge on any atom is -0.349 e. The van der Waals surface area contributed by atoms with E-state index in [4.69, 9.17) is 0 Å². The standard InChI is InChI=1S/C19H17BrN2O2/c20-15-5-1-3-13(11-15)7-10-18(23)21-17-6-2-4-14(12-17)19(24)22-16-8-9-16/h1-7,10-12,16H,8-9H2,(H,21,23)(H,22,24)/b10-7+. The fourth-order valence-corrected chi connectivity index (χ4v) is 2.62. The monoisotopic (exact) mass is 384 g/mol. The van der Waals surface area contributed by atoms with Crippen LogP contribution in [0.1, 0.15) is 28.8 Å². The summed E-state index contributed by atoms with van der Waals surface area (Å²) in [6, 6.07) is 14.9. The molecule has 122 valence electrons. The van der Waals surface area contributed by atoms with Gasteiger partial charge < -0.3 is 10.6 Å². The number of carbonyl (C=O) groups excluding carboxylic acids is 2. The molecular formula is C19H17BrN2O2. The summed E-state index contributed by atoms with van der Waals surface area (Å²) < 4.78 is 0.958. The third kappa shape index (κ3) is 4.80. The van der Waals surface area contributed by atoms with Crippen molar-refractivity contribution in [2.24, 2.45) is 0 Å². The van der Waals surface area contributed by atoms with Gasteiger partial charge in [0.15, 0.2) is 0 Å². The van der Waals surface area contributed by atoms with Crippen LogP contribution in [-0.2, 0) is 4.79 Å². The van der Waals surface area contributed by atoms with E-state index >= 15 is 0 Å². The number of hydrogen-bond donors (Lipinski definition) is 2. The second-order valence-electron chi connectivity index (χ2n) is 5.71. The second-order valence-corrected chi connectivity index (χ2v) is 6.62. The zero-order valence-electron chi connectivity index (χ0n) is 13.0. The molecule has 24 heavy (non-hydrogen) atoms. The largest absolute Gasteiger partial charge is 0.349 e. The molecule has 1 aliphatic rings. The highest BCUT2D eigenvalue weighted by atomic mass is 79.9. The Bertz CT molecular complexity index is 797. The van der Waals surface area contributed by atoms with Gasteiger partial charge >= 0.3 is 0 Å². The molecule has 0 unspecified atom stereocenters. The average Bonchev–Trinajstić information content (AvgIpc) is 3.37.